The normalized spacial score (nSPS) is 11.5. The Bertz CT molecular complexity index is 504. The minimum absolute atomic E-state index is 0.0913. The largest absolute Gasteiger partial charge is 0.469 e. The molecule has 1 atom stereocenters. The molecule has 4 nitrogen and oxygen atoms in total. The summed E-state index contributed by atoms with van der Waals surface area (Å²) in [5.41, 5.74) is 0.661. The molecule has 0 aliphatic carbocycles. The second-order valence-corrected chi connectivity index (χ2v) is 4.68. The summed E-state index contributed by atoms with van der Waals surface area (Å²) in [4.78, 5) is 22.7. The van der Waals surface area contributed by atoms with E-state index in [1.165, 1.54) is 7.11 Å². The van der Waals surface area contributed by atoms with E-state index in [0.29, 0.717) is 5.56 Å². The number of carbonyl (C=O) groups excluding carboxylic acids is 2. The second kappa shape index (κ2) is 7.04. The number of amides is 1. The number of benzene rings is 1. The fraction of sp³-hybridized carbons (Fsp3) is 0.231. The van der Waals surface area contributed by atoms with Crippen molar-refractivity contribution >= 4 is 27.8 Å². The summed E-state index contributed by atoms with van der Waals surface area (Å²) in [7, 11) is 1.25. The first-order valence-electron chi connectivity index (χ1n) is 5.41. The molecule has 0 aliphatic rings. The number of hydrogen-bond acceptors (Lipinski definition) is 3. The van der Waals surface area contributed by atoms with Gasteiger partial charge in [-0.3, -0.25) is 9.59 Å². The lowest BCUT2D eigenvalue weighted by Crippen LogP contribution is -2.30. The smallest absolute Gasteiger partial charge is 0.307 e. The maximum Gasteiger partial charge on any atom is 0.307 e. The number of hydrogen-bond donors (Lipinski definition) is 1. The molecule has 6 heteroatoms. The van der Waals surface area contributed by atoms with Crippen molar-refractivity contribution in [2.75, 3.05) is 7.11 Å². The third-order valence-electron chi connectivity index (χ3n) is 2.40. The predicted molar refractivity (Wildman–Crippen MR) is 71.9 cm³/mol. The fourth-order valence-corrected chi connectivity index (χ4v) is 1.88. The average molecular weight is 330 g/mol. The van der Waals surface area contributed by atoms with Crippen molar-refractivity contribution in [2.24, 2.45) is 0 Å². The third-order valence-corrected chi connectivity index (χ3v) is 2.89. The van der Waals surface area contributed by atoms with Gasteiger partial charge in [0, 0.05) is 4.47 Å². The van der Waals surface area contributed by atoms with Crippen molar-refractivity contribution in [3.8, 4) is 0 Å². The third kappa shape index (κ3) is 4.82. The molecule has 0 aliphatic heterocycles. The predicted octanol–water partition coefficient (Wildman–Crippen LogP) is 2.65. The number of carbonyl (C=O) groups is 2. The van der Waals surface area contributed by atoms with Gasteiger partial charge in [0.05, 0.1) is 19.6 Å². The van der Waals surface area contributed by atoms with Crippen LogP contribution >= 0.6 is 15.9 Å². The highest BCUT2D eigenvalue weighted by Gasteiger charge is 2.20. The van der Waals surface area contributed by atoms with Gasteiger partial charge in [0.15, 0.2) is 5.83 Å². The van der Waals surface area contributed by atoms with Crippen LogP contribution in [0.3, 0.4) is 0 Å². The first-order chi connectivity index (χ1) is 8.93. The van der Waals surface area contributed by atoms with Gasteiger partial charge < -0.3 is 10.1 Å². The first kappa shape index (κ1) is 15.4. The SMILES string of the molecule is C=C(F)C(=O)N[C@H](CC(=O)OC)c1cccc(Br)c1. The summed E-state index contributed by atoms with van der Waals surface area (Å²) < 4.78 is 18.1. The van der Waals surface area contributed by atoms with Gasteiger partial charge in [0.25, 0.3) is 5.91 Å². The average Bonchev–Trinajstić information content (AvgIpc) is 2.37. The van der Waals surface area contributed by atoms with Crippen molar-refractivity contribution in [1.29, 1.82) is 0 Å². The summed E-state index contributed by atoms with van der Waals surface area (Å²) in [5.74, 6) is -2.56. The van der Waals surface area contributed by atoms with Gasteiger partial charge in [-0.15, -0.1) is 0 Å². The second-order valence-electron chi connectivity index (χ2n) is 3.77. The number of halogens is 2. The van der Waals surface area contributed by atoms with Gasteiger partial charge in [0.2, 0.25) is 0 Å². The molecule has 0 spiro atoms. The molecule has 1 aromatic carbocycles. The van der Waals surface area contributed by atoms with E-state index in [9.17, 15) is 14.0 Å². The van der Waals surface area contributed by atoms with Gasteiger partial charge in [-0.25, -0.2) is 4.39 Å². The summed E-state index contributed by atoms with van der Waals surface area (Å²) in [6, 6.07) is 6.33. The van der Waals surface area contributed by atoms with E-state index in [2.05, 4.69) is 32.6 Å². The molecule has 1 N–H and O–H groups in total. The quantitative estimate of drug-likeness (QED) is 0.667. The zero-order chi connectivity index (χ0) is 14.4. The van der Waals surface area contributed by atoms with E-state index in [1.54, 1.807) is 24.3 Å². The molecule has 0 bridgehead atoms. The topological polar surface area (TPSA) is 55.4 Å². The molecular weight excluding hydrogens is 317 g/mol. The van der Waals surface area contributed by atoms with Gasteiger partial charge in [-0.05, 0) is 17.7 Å². The van der Waals surface area contributed by atoms with E-state index in [4.69, 9.17) is 0 Å². The summed E-state index contributed by atoms with van der Waals surface area (Å²) in [6.45, 7) is 2.91. The molecule has 0 radical (unpaired) electrons. The Kier molecular flexibility index (Phi) is 5.69. The van der Waals surface area contributed by atoms with Gasteiger partial charge in [-0.2, -0.15) is 0 Å². The maximum absolute atomic E-state index is 12.7. The zero-order valence-corrected chi connectivity index (χ0v) is 11.9. The lowest BCUT2D eigenvalue weighted by molar-refractivity contribution is -0.141. The molecule has 0 heterocycles. The van der Waals surface area contributed by atoms with Crippen LogP contribution in [0, 0.1) is 0 Å². The Labute approximate surface area is 118 Å². The first-order valence-corrected chi connectivity index (χ1v) is 6.21. The van der Waals surface area contributed by atoms with Crippen molar-refractivity contribution in [1.82, 2.24) is 5.32 Å². The molecule has 1 amide bonds. The lowest BCUT2D eigenvalue weighted by atomic mass is 10.0. The molecule has 0 saturated heterocycles. The molecule has 0 unspecified atom stereocenters. The Morgan fingerprint density at radius 3 is 2.74 bits per heavy atom. The van der Waals surface area contributed by atoms with Crippen molar-refractivity contribution in [3.63, 3.8) is 0 Å². The van der Waals surface area contributed by atoms with Crippen molar-refractivity contribution in [2.45, 2.75) is 12.5 Å². The molecule has 1 aromatic rings. The Morgan fingerprint density at radius 1 is 1.53 bits per heavy atom. The summed E-state index contributed by atoms with van der Waals surface area (Å²) in [6.07, 6.45) is -0.0913. The molecule has 102 valence electrons. The zero-order valence-electron chi connectivity index (χ0n) is 10.3. The highest BCUT2D eigenvalue weighted by Crippen LogP contribution is 2.21. The highest BCUT2D eigenvalue weighted by molar-refractivity contribution is 9.10. The molecule has 0 aromatic heterocycles. The van der Waals surface area contributed by atoms with Crippen LogP contribution in [0.2, 0.25) is 0 Å². The van der Waals surface area contributed by atoms with Crippen LogP contribution in [0.4, 0.5) is 4.39 Å². The standard InChI is InChI=1S/C13H13BrFNO3/c1-8(15)13(18)16-11(7-12(17)19-2)9-4-3-5-10(14)6-9/h3-6,11H,1,7H2,2H3,(H,16,18)/t11-/m1/s1. The molecular formula is C13H13BrFNO3. The fourth-order valence-electron chi connectivity index (χ4n) is 1.46. The molecule has 0 fully saturated rings. The van der Waals surface area contributed by atoms with Crippen LogP contribution < -0.4 is 5.32 Å². The van der Waals surface area contributed by atoms with Gasteiger partial charge in [0.1, 0.15) is 0 Å². The van der Waals surface area contributed by atoms with Crippen LogP contribution in [0.1, 0.15) is 18.0 Å². The van der Waals surface area contributed by atoms with Crippen molar-refractivity contribution in [3.05, 3.63) is 46.7 Å². The van der Waals surface area contributed by atoms with E-state index >= 15 is 0 Å². The van der Waals surface area contributed by atoms with E-state index in [1.807, 2.05) is 0 Å². The van der Waals surface area contributed by atoms with Crippen LogP contribution in [0.25, 0.3) is 0 Å². The number of rotatable bonds is 5. The number of methoxy groups -OCH3 is 1. The van der Waals surface area contributed by atoms with E-state index in [0.717, 1.165) is 4.47 Å². The summed E-state index contributed by atoms with van der Waals surface area (Å²) in [5, 5.41) is 2.39. The lowest BCUT2D eigenvalue weighted by Gasteiger charge is -2.17. The minimum Gasteiger partial charge on any atom is -0.469 e. The monoisotopic (exact) mass is 329 g/mol. The van der Waals surface area contributed by atoms with Crippen LogP contribution in [-0.2, 0) is 14.3 Å². The maximum atomic E-state index is 12.7. The molecule has 19 heavy (non-hydrogen) atoms. The Balaban J connectivity index is 2.94. The van der Waals surface area contributed by atoms with Crippen LogP contribution in [0.5, 0.6) is 0 Å². The number of ether oxygens (including phenoxy) is 1. The van der Waals surface area contributed by atoms with E-state index < -0.39 is 23.7 Å². The van der Waals surface area contributed by atoms with Gasteiger partial charge >= 0.3 is 5.97 Å². The number of nitrogens with one attached hydrogen (secondary N) is 1. The molecule has 0 saturated carbocycles. The Morgan fingerprint density at radius 2 is 2.21 bits per heavy atom. The van der Waals surface area contributed by atoms with E-state index in [-0.39, 0.29) is 6.42 Å². The molecule has 1 rings (SSSR count). The van der Waals surface area contributed by atoms with Gasteiger partial charge in [-0.1, -0.05) is 34.6 Å². The van der Waals surface area contributed by atoms with Crippen molar-refractivity contribution < 1.29 is 18.7 Å². The minimum atomic E-state index is -1.11. The highest BCUT2D eigenvalue weighted by atomic mass is 79.9. The Hall–Kier alpha value is -1.69. The number of esters is 1. The summed E-state index contributed by atoms with van der Waals surface area (Å²) >= 11 is 3.29. The van der Waals surface area contributed by atoms with Crippen LogP contribution in [0.15, 0.2) is 41.1 Å². The van der Waals surface area contributed by atoms with Crippen LogP contribution in [-0.4, -0.2) is 19.0 Å².